The van der Waals surface area contributed by atoms with Crippen LogP contribution in [0.15, 0.2) is 23.5 Å². The van der Waals surface area contributed by atoms with Gasteiger partial charge in [0.05, 0.1) is 15.1 Å². The molecule has 0 saturated heterocycles. The first-order valence-electron chi connectivity index (χ1n) is 7.49. The lowest BCUT2D eigenvalue weighted by molar-refractivity contribution is 0.794. The predicted octanol–water partition coefficient (Wildman–Crippen LogP) is 3.59. The number of halogens is 3. The van der Waals surface area contributed by atoms with Gasteiger partial charge >= 0.3 is 0 Å². The molecule has 2 aromatic heterocycles. The van der Waals surface area contributed by atoms with E-state index in [1.165, 1.54) is 4.88 Å². The number of pyridine rings is 1. The van der Waals surface area contributed by atoms with Crippen LogP contribution in [0.5, 0.6) is 0 Å². The normalized spacial score (nSPS) is 11.0. The Morgan fingerprint density at radius 2 is 1.92 bits per heavy atom. The minimum absolute atomic E-state index is 0. The van der Waals surface area contributed by atoms with Crippen LogP contribution in [0, 0.1) is 6.92 Å². The molecule has 0 fully saturated rings. The van der Waals surface area contributed by atoms with E-state index in [0.29, 0.717) is 29.0 Å². The van der Waals surface area contributed by atoms with Gasteiger partial charge in [0, 0.05) is 50.4 Å². The van der Waals surface area contributed by atoms with E-state index < -0.39 is 0 Å². The Morgan fingerprint density at radius 1 is 1.16 bits per heavy atom. The number of anilines is 1. The van der Waals surface area contributed by atoms with Gasteiger partial charge in [0.1, 0.15) is 5.82 Å². The molecule has 0 aromatic carbocycles. The second-order valence-electron chi connectivity index (χ2n) is 4.95. The van der Waals surface area contributed by atoms with E-state index >= 15 is 0 Å². The van der Waals surface area contributed by atoms with Gasteiger partial charge in [0.15, 0.2) is 5.96 Å². The fourth-order valence-corrected chi connectivity index (χ4v) is 3.17. The van der Waals surface area contributed by atoms with Gasteiger partial charge in [-0.1, -0.05) is 23.2 Å². The number of thiazole rings is 1. The summed E-state index contributed by atoms with van der Waals surface area (Å²) >= 11 is 13.6. The first-order valence-corrected chi connectivity index (χ1v) is 9.06. The quantitative estimate of drug-likeness (QED) is 0.228. The maximum atomic E-state index is 6.06. The summed E-state index contributed by atoms with van der Waals surface area (Å²) in [5, 5.41) is 11.8. The molecule has 0 radical (unpaired) electrons. The molecule has 0 unspecified atom stereocenters. The number of nitrogens with one attached hydrogen (secondary N) is 3. The minimum atomic E-state index is 0. The van der Waals surface area contributed by atoms with E-state index in [-0.39, 0.29) is 24.0 Å². The number of hydrogen-bond donors (Lipinski definition) is 3. The second-order valence-corrected chi connectivity index (χ2v) is 7.11. The molecule has 10 heteroatoms. The molecule has 2 heterocycles. The molecule has 138 valence electrons. The molecule has 0 aliphatic rings. The Kier molecular flexibility index (Phi) is 10.4. The second kappa shape index (κ2) is 11.7. The summed E-state index contributed by atoms with van der Waals surface area (Å²) in [6, 6.07) is 1.66. The first kappa shape index (κ1) is 22.2. The van der Waals surface area contributed by atoms with Crippen LogP contribution < -0.4 is 16.0 Å². The summed E-state index contributed by atoms with van der Waals surface area (Å²) in [6.07, 6.45) is 4.33. The number of guanidine groups is 1. The molecule has 0 saturated carbocycles. The summed E-state index contributed by atoms with van der Waals surface area (Å²) in [5.41, 5.74) is 0. The monoisotopic (exact) mass is 514 g/mol. The van der Waals surface area contributed by atoms with Crippen LogP contribution in [-0.4, -0.2) is 42.6 Å². The van der Waals surface area contributed by atoms with Crippen LogP contribution in [-0.2, 0) is 6.42 Å². The first-order chi connectivity index (χ1) is 11.6. The average Bonchev–Trinajstić information content (AvgIpc) is 2.96. The molecule has 2 rings (SSSR count). The molecule has 25 heavy (non-hydrogen) atoms. The molecule has 0 aliphatic carbocycles. The summed E-state index contributed by atoms with van der Waals surface area (Å²) in [5.74, 6) is 1.37. The van der Waals surface area contributed by atoms with Crippen molar-refractivity contribution in [3.8, 4) is 0 Å². The third-order valence-corrected chi connectivity index (χ3v) is 4.51. The van der Waals surface area contributed by atoms with Crippen LogP contribution >= 0.6 is 58.5 Å². The fraction of sp³-hybridized carbons (Fsp3) is 0.400. The number of aromatic nitrogens is 2. The number of aryl methyl sites for hydroxylation is 1. The molecular weight excluding hydrogens is 494 g/mol. The van der Waals surface area contributed by atoms with Gasteiger partial charge in [-0.05, 0) is 13.0 Å². The molecule has 3 N–H and O–H groups in total. The highest BCUT2D eigenvalue weighted by molar-refractivity contribution is 14.0. The lowest BCUT2D eigenvalue weighted by Gasteiger charge is -2.12. The molecule has 2 aromatic rings. The summed E-state index contributed by atoms with van der Waals surface area (Å²) in [7, 11) is 1.74. The molecule has 0 atom stereocenters. The van der Waals surface area contributed by atoms with Crippen LogP contribution in [0.1, 0.15) is 9.88 Å². The highest BCUT2D eigenvalue weighted by Crippen LogP contribution is 2.21. The highest BCUT2D eigenvalue weighted by Gasteiger charge is 2.03. The Bertz CT molecular complexity index is 694. The van der Waals surface area contributed by atoms with Crippen molar-refractivity contribution in [2.45, 2.75) is 13.3 Å². The number of nitrogens with zero attached hydrogens (tertiary/aromatic N) is 3. The Hall–Kier alpha value is -0.840. The Morgan fingerprint density at radius 3 is 2.56 bits per heavy atom. The van der Waals surface area contributed by atoms with E-state index in [4.69, 9.17) is 23.2 Å². The summed E-state index contributed by atoms with van der Waals surface area (Å²) < 4.78 is 0. The predicted molar refractivity (Wildman–Crippen MR) is 118 cm³/mol. The number of hydrogen-bond acceptors (Lipinski definition) is 5. The van der Waals surface area contributed by atoms with Crippen molar-refractivity contribution in [3.05, 3.63) is 38.4 Å². The van der Waals surface area contributed by atoms with Gasteiger partial charge in [-0.2, -0.15) is 0 Å². The van der Waals surface area contributed by atoms with E-state index in [1.54, 1.807) is 30.6 Å². The van der Waals surface area contributed by atoms with Crippen molar-refractivity contribution in [1.82, 2.24) is 20.6 Å². The van der Waals surface area contributed by atoms with Gasteiger partial charge in [-0.15, -0.1) is 35.3 Å². The van der Waals surface area contributed by atoms with E-state index in [2.05, 4.69) is 37.8 Å². The van der Waals surface area contributed by atoms with E-state index in [1.807, 2.05) is 6.20 Å². The van der Waals surface area contributed by atoms with Crippen molar-refractivity contribution in [2.24, 2.45) is 4.99 Å². The fourth-order valence-electron chi connectivity index (χ4n) is 1.93. The van der Waals surface area contributed by atoms with Gasteiger partial charge in [0.2, 0.25) is 0 Å². The largest absolute Gasteiger partial charge is 0.367 e. The van der Waals surface area contributed by atoms with Gasteiger partial charge in [0.25, 0.3) is 0 Å². The average molecular weight is 515 g/mol. The highest BCUT2D eigenvalue weighted by atomic mass is 127. The van der Waals surface area contributed by atoms with Gasteiger partial charge < -0.3 is 16.0 Å². The van der Waals surface area contributed by atoms with Crippen molar-refractivity contribution in [3.63, 3.8) is 0 Å². The smallest absolute Gasteiger partial charge is 0.191 e. The Balaban J connectivity index is 0.00000312. The zero-order valence-corrected chi connectivity index (χ0v) is 18.6. The molecule has 0 amide bonds. The van der Waals surface area contributed by atoms with Gasteiger partial charge in [-0.25, -0.2) is 9.97 Å². The van der Waals surface area contributed by atoms with Gasteiger partial charge in [-0.3, -0.25) is 4.99 Å². The molecule has 0 aliphatic heterocycles. The molecule has 0 bridgehead atoms. The molecule has 6 nitrogen and oxygen atoms in total. The maximum Gasteiger partial charge on any atom is 0.191 e. The standard InChI is InChI=1S/C15H20Cl2N6S.HI/c1-10-8-22-13(24-10)3-4-20-15(18-2)21-6-5-19-14-12(17)7-11(16)9-23-14;/h7-9H,3-6H2,1-2H3,(H,19,23)(H2,18,20,21);1H. The van der Waals surface area contributed by atoms with E-state index in [0.717, 1.165) is 23.9 Å². The maximum absolute atomic E-state index is 6.06. The number of aliphatic imine (C=N–C) groups is 1. The zero-order chi connectivity index (χ0) is 17.4. The number of rotatable bonds is 7. The zero-order valence-electron chi connectivity index (χ0n) is 14.0. The Labute approximate surface area is 178 Å². The van der Waals surface area contributed by atoms with E-state index in [9.17, 15) is 0 Å². The SMILES string of the molecule is CN=C(NCCNc1ncc(Cl)cc1Cl)NCCc1ncc(C)s1.I. The van der Waals surface area contributed by atoms with Crippen LogP contribution in [0.25, 0.3) is 0 Å². The van der Waals surface area contributed by atoms with Crippen LogP contribution in [0.3, 0.4) is 0 Å². The van der Waals surface area contributed by atoms with Crippen molar-refractivity contribution in [1.29, 1.82) is 0 Å². The molecule has 0 spiro atoms. The topological polar surface area (TPSA) is 74.2 Å². The summed E-state index contributed by atoms with van der Waals surface area (Å²) in [4.78, 5) is 13.9. The van der Waals surface area contributed by atoms with Crippen molar-refractivity contribution >= 4 is 70.3 Å². The minimum Gasteiger partial charge on any atom is -0.367 e. The lowest BCUT2D eigenvalue weighted by atomic mass is 10.4. The van der Waals surface area contributed by atoms with Crippen LogP contribution in [0.2, 0.25) is 10.0 Å². The third kappa shape index (κ3) is 7.93. The van der Waals surface area contributed by atoms with Crippen molar-refractivity contribution in [2.75, 3.05) is 32.0 Å². The van der Waals surface area contributed by atoms with Crippen molar-refractivity contribution < 1.29 is 0 Å². The third-order valence-electron chi connectivity index (χ3n) is 3.04. The van der Waals surface area contributed by atoms with Crippen LogP contribution in [0.4, 0.5) is 5.82 Å². The lowest BCUT2D eigenvalue weighted by Crippen LogP contribution is -2.40. The molecular formula is C15H21Cl2IN6S. The summed E-state index contributed by atoms with van der Waals surface area (Å²) in [6.45, 7) is 4.17.